The van der Waals surface area contributed by atoms with E-state index in [0.29, 0.717) is 10.0 Å². The topological polar surface area (TPSA) is 96.9 Å². The summed E-state index contributed by atoms with van der Waals surface area (Å²) in [5.41, 5.74) is 1.36. The molecule has 2 N–H and O–H groups in total. The predicted molar refractivity (Wildman–Crippen MR) is 117 cm³/mol. The molecule has 0 fully saturated rings. The Morgan fingerprint density at radius 1 is 1.11 bits per heavy atom. The molecule has 7 nitrogen and oxygen atoms in total. The van der Waals surface area contributed by atoms with E-state index in [9.17, 15) is 35.9 Å². The van der Waals surface area contributed by atoms with E-state index in [1.54, 1.807) is 12.1 Å². The van der Waals surface area contributed by atoms with Gasteiger partial charge in [-0.05, 0) is 48.2 Å². The Labute approximate surface area is 204 Å². The van der Waals surface area contributed by atoms with E-state index < -0.39 is 30.0 Å². The molecule has 36 heavy (non-hydrogen) atoms. The van der Waals surface area contributed by atoms with Crippen LogP contribution in [0.5, 0.6) is 0 Å². The van der Waals surface area contributed by atoms with E-state index in [1.807, 2.05) is 11.4 Å². The third-order valence-electron chi connectivity index (χ3n) is 5.34. The lowest BCUT2D eigenvalue weighted by atomic mass is 10.0. The quantitative estimate of drug-likeness (QED) is 0.444. The molecule has 3 heterocycles. The van der Waals surface area contributed by atoms with Gasteiger partial charge in [-0.1, -0.05) is 17.4 Å². The fourth-order valence-electron chi connectivity index (χ4n) is 3.62. The van der Waals surface area contributed by atoms with Crippen LogP contribution < -0.4 is 10.6 Å². The van der Waals surface area contributed by atoms with Crippen LogP contribution >= 0.6 is 11.3 Å². The average molecular weight is 529 g/mol. The number of carbonyl (C=O) groups excluding carboxylic acids is 2. The number of pyridine rings is 1. The maximum atomic E-state index is 12.8. The van der Waals surface area contributed by atoms with Gasteiger partial charge in [0.25, 0.3) is 0 Å². The van der Waals surface area contributed by atoms with Gasteiger partial charge in [0.1, 0.15) is 15.7 Å². The number of hydrogen-bond acceptors (Lipinski definition) is 6. The van der Waals surface area contributed by atoms with Gasteiger partial charge < -0.3 is 10.6 Å². The maximum Gasteiger partial charge on any atom is 0.471 e. The van der Waals surface area contributed by atoms with Gasteiger partial charge in [-0.15, -0.1) is 10.2 Å². The summed E-state index contributed by atoms with van der Waals surface area (Å²) in [6.45, 7) is 0. The van der Waals surface area contributed by atoms with Crippen molar-refractivity contribution in [2.75, 3.05) is 5.32 Å². The minimum atomic E-state index is -5.11. The van der Waals surface area contributed by atoms with Crippen molar-refractivity contribution in [3.05, 3.63) is 58.4 Å². The number of nitrogens with zero attached hydrogens (tertiary/aromatic N) is 3. The van der Waals surface area contributed by atoms with Crippen LogP contribution in [0.25, 0.3) is 10.6 Å². The molecule has 0 bridgehead atoms. The molecule has 0 spiro atoms. The summed E-state index contributed by atoms with van der Waals surface area (Å²) in [7, 11) is 0. The first-order valence-corrected chi connectivity index (χ1v) is 11.4. The van der Waals surface area contributed by atoms with Crippen LogP contribution in [0, 0.1) is 0 Å². The van der Waals surface area contributed by atoms with Crippen molar-refractivity contribution < 1.29 is 35.9 Å². The number of alkyl halides is 6. The number of rotatable bonds is 7. The van der Waals surface area contributed by atoms with E-state index in [0.717, 1.165) is 35.1 Å². The molecule has 1 aliphatic rings. The summed E-state index contributed by atoms with van der Waals surface area (Å²) < 4.78 is 76.6. The number of carbonyl (C=O) groups is 2. The number of halogens is 6. The Morgan fingerprint density at radius 3 is 2.56 bits per heavy atom. The highest BCUT2D eigenvalue weighted by molar-refractivity contribution is 7.14. The van der Waals surface area contributed by atoms with Gasteiger partial charge in [-0.2, -0.15) is 26.3 Å². The molecule has 0 aliphatic carbocycles. The highest BCUT2D eigenvalue weighted by atomic mass is 32.1. The minimum absolute atomic E-state index is 0.0279. The van der Waals surface area contributed by atoms with Gasteiger partial charge in [0.15, 0.2) is 0 Å². The predicted octanol–water partition coefficient (Wildman–Crippen LogP) is 4.34. The maximum absolute atomic E-state index is 12.8. The molecular formula is C22H17F6N5O2S. The van der Waals surface area contributed by atoms with E-state index in [-0.39, 0.29) is 37.2 Å². The van der Waals surface area contributed by atoms with Crippen LogP contribution in [-0.2, 0) is 35.0 Å². The molecule has 2 aromatic heterocycles. The zero-order valence-electron chi connectivity index (χ0n) is 18.2. The lowest BCUT2D eigenvalue weighted by Crippen LogP contribution is -2.44. The Hall–Kier alpha value is -3.55. The van der Waals surface area contributed by atoms with E-state index >= 15 is 0 Å². The Balaban J connectivity index is 1.45. The van der Waals surface area contributed by atoms with Crippen LogP contribution in [0.15, 0.2) is 36.5 Å². The molecule has 1 atom stereocenters. The number of nitrogens with one attached hydrogen (secondary N) is 2. The second kappa shape index (κ2) is 9.84. The monoisotopic (exact) mass is 529 g/mol. The first-order chi connectivity index (χ1) is 16.9. The van der Waals surface area contributed by atoms with Crippen LogP contribution in [0.2, 0.25) is 0 Å². The van der Waals surface area contributed by atoms with Crippen molar-refractivity contribution in [1.82, 2.24) is 20.5 Å². The fraction of sp³-hybridized carbons (Fsp3) is 0.318. The smallest absolute Gasteiger partial charge is 0.345 e. The number of hydrogen-bond donors (Lipinski definition) is 2. The molecule has 2 amide bonds. The lowest BCUT2D eigenvalue weighted by molar-refractivity contribution is -0.174. The second-order valence-corrected chi connectivity index (χ2v) is 9.12. The molecular weight excluding hydrogens is 512 g/mol. The third-order valence-corrected chi connectivity index (χ3v) is 6.37. The SMILES string of the molecule is O=C1Cc2cc(-c3nnc(CCC(Cc4ccc(C(F)(F)F)nc4)NC(=O)C(F)(F)F)s3)ccc2N1. The molecule has 1 unspecified atom stereocenters. The summed E-state index contributed by atoms with van der Waals surface area (Å²) in [5.74, 6) is -2.26. The average Bonchev–Trinajstić information content (AvgIpc) is 3.41. The number of benzene rings is 1. The van der Waals surface area contributed by atoms with Crippen molar-refractivity contribution in [3.63, 3.8) is 0 Å². The zero-order valence-corrected chi connectivity index (χ0v) is 19.0. The summed E-state index contributed by atoms with van der Waals surface area (Å²) >= 11 is 1.21. The lowest BCUT2D eigenvalue weighted by Gasteiger charge is -2.19. The first kappa shape index (κ1) is 25.5. The zero-order chi connectivity index (χ0) is 26.1. The van der Waals surface area contributed by atoms with Crippen LogP contribution in [0.1, 0.15) is 28.2 Å². The van der Waals surface area contributed by atoms with Gasteiger partial charge in [-0.3, -0.25) is 14.6 Å². The van der Waals surface area contributed by atoms with Crippen molar-refractivity contribution in [2.45, 2.75) is 44.1 Å². The van der Waals surface area contributed by atoms with Crippen LogP contribution in [-0.4, -0.2) is 39.2 Å². The molecule has 0 saturated heterocycles. The summed E-state index contributed by atoms with van der Waals surface area (Å²) in [5, 5.41) is 13.8. The molecule has 190 valence electrons. The summed E-state index contributed by atoms with van der Waals surface area (Å²) in [4.78, 5) is 26.4. The second-order valence-electron chi connectivity index (χ2n) is 8.06. The van der Waals surface area contributed by atoms with Gasteiger partial charge in [-0.25, -0.2) is 0 Å². The van der Waals surface area contributed by atoms with Crippen molar-refractivity contribution in [2.24, 2.45) is 0 Å². The number of amides is 2. The highest BCUT2D eigenvalue weighted by Crippen LogP contribution is 2.31. The molecule has 1 aromatic carbocycles. The van der Waals surface area contributed by atoms with Crippen molar-refractivity contribution in [3.8, 4) is 10.6 Å². The molecule has 14 heteroatoms. The number of aromatic nitrogens is 3. The van der Waals surface area contributed by atoms with Gasteiger partial charge in [0.2, 0.25) is 5.91 Å². The standard InChI is InChI=1S/C22H17F6N5O2S/c23-21(24,25)16-5-1-11(10-29-16)7-14(30-20(35)22(26,27)28)3-6-18-32-33-19(36-18)12-2-4-15-13(8-12)9-17(34)31-15/h1-2,4-5,8,10,14H,3,6-7,9H2,(H,30,35)(H,31,34). The Bertz CT molecular complexity index is 1270. The fourth-order valence-corrected chi connectivity index (χ4v) is 4.47. The third kappa shape index (κ3) is 6.17. The van der Waals surface area contributed by atoms with E-state index in [2.05, 4.69) is 20.5 Å². The van der Waals surface area contributed by atoms with Gasteiger partial charge in [0.05, 0.1) is 6.42 Å². The Kier molecular flexibility index (Phi) is 6.98. The first-order valence-electron chi connectivity index (χ1n) is 10.5. The largest absolute Gasteiger partial charge is 0.471 e. The van der Waals surface area contributed by atoms with Crippen molar-refractivity contribution >= 4 is 28.8 Å². The number of anilines is 1. The molecule has 1 aliphatic heterocycles. The van der Waals surface area contributed by atoms with Crippen LogP contribution in [0.4, 0.5) is 32.0 Å². The molecule has 0 saturated carbocycles. The highest BCUT2D eigenvalue weighted by Gasteiger charge is 2.39. The summed E-state index contributed by atoms with van der Waals surface area (Å²) in [6.07, 6.45) is -8.57. The minimum Gasteiger partial charge on any atom is -0.345 e. The van der Waals surface area contributed by atoms with Gasteiger partial charge in [0, 0.05) is 29.9 Å². The van der Waals surface area contributed by atoms with E-state index in [1.165, 1.54) is 11.3 Å². The van der Waals surface area contributed by atoms with Crippen LogP contribution in [0.3, 0.4) is 0 Å². The Morgan fingerprint density at radius 2 is 1.89 bits per heavy atom. The van der Waals surface area contributed by atoms with E-state index in [4.69, 9.17) is 0 Å². The molecule has 3 aromatic rings. The summed E-state index contributed by atoms with van der Waals surface area (Å²) in [6, 6.07) is 6.12. The number of aryl methyl sites for hydroxylation is 1. The molecule has 0 radical (unpaired) electrons. The normalized spacial score (nSPS) is 14.3. The van der Waals surface area contributed by atoms with Crippen molar-refractivity contribution in [1.29, 1.82) is 0 Å². The molecule has 4 rings (SSSR count). The van der Waals surface area contributed by atoms with Gasteiger partial charge >= 0.3 is 18.3 Å². The number of fused-ring (bicyclic) bond motifs is 1.